The highest BCUT2D eigenvalue weighted by Crippen LogP contribution is 2.27. The summed E-state index contributed by atoms with van der Waals surface area (Å²) in [5.74, 6) is -0.396. The Labute approximate surface area is 150 Å². The van der Waals surface area contributed by atoms with Crippen molar-refractivity contribution >= 4 is 17.6 Å². The number of hydrogen-bond donors (Lipinski definition) is 1. The molecule has 4 heteroatoms. The lowest BCUT2D eigenvalue weighted by atomic mass is 9.96. The third-order valence-corrected chi connectivity index (χ3v) is 4.00. The zero-order valence-electron chi connectivity index (χ0n) is 14.8. The molecule has 0 aromatic heterocycles. The Morgan fingerprint density at radius 2 is 1.88 bits per heavy atom. The number of benzene rings is 1. The van der Waals surface area contributed by atoms with Gasteiger partial charge in [0.25, 0.3) is 0 Å². The Kier molecular flexibility index (Phi) is 9.48. The molecule has 0 heterocycles. The van der Waals surface area contributed by atoms with Gasteiger partial charge in [0.2, 0.25) is 0 Å². The largest absolute Gasteiger partial charge is 0.462 e. The maximum Gasteiger partial charge on any atom is 0.341 e. The van der Waals surface area contributed by atoms with E-state index in [0.717, 1.165) is 31.2 Å². The van der Waals surface area contributed by atoms with E-state index in [1.807, 2.05) is 0 Å². The van der Waals surface area contributed by atoms with Crippen molar-refractivity contribution in [3.8, 4) is 0 Å². The number of esters is 1. The Balaban J connectivity index is 3.05. The monoisotopic (exact) mass is 350 g/mol. The molecular formula is C20H27ClO3. The van der Waals surface area contributed by atoms with Gasteiger partial charge in [-0.3, -0.25) is 0 Å². The van der Waals surface area contributed by atoms with Crippen molar-refractivity contribution in [3.63, 3.8) is 0 Å². The van der Waals surface area contributed by atoms with Gasteiger partial charge in [-0.05, 0) is 44.4 Å². The highest BCUT2D eigenvalue weighted by molar-refractivity contribution is 6.30. The summed E-state index contributed by atoms with van der Waals surface area (Å²) >= 11 is 5.91. The van der Waals surface area contributed by atoms with E-state index < -0.39 is 12.1 Å². The average molecular weight is 351 g/mol. The predicted molar refractivity (Wildman–Crippen MR) is 98.0 cm³/mol. The van der Waals surface area contributed by atoms with E-state index in [9.17, 15) is 9.90 Å². The summed E-state index contributed by atoms with van der Waals surface area (Å²) in [6.45, 7) is 5.91. The number of hydrogen-bond acceptors (Lipinski definition) is 3. The molecule has 1 unspecified atom stereocenters. The molecule has 0 aliphatic carbocycles. The maximum absolute atomic E-state index is 11.8. The van der Waals surface area contributed by atoms with Gasteiger partial charge in [-0.15, -0.1) is 5.73 Å². The SMILES string of the molecule is CCCCCCC(=C=C(C)C(=O)OCC)C(O)c1ccc(Cl)cc1. The van der Waals surface area contributed by atoms with Crippen LogP contribution in [-0.4, -0.2) is 17.7 Å². The number of carbonyl (C=O) groups excluding carboxylic acids is 1. The molecule has 1 aromatic carbocycles. The summed E-state index contributed by atoms with van der Waals surface area (Å²) in [6, 6.07) is 7.08. The molecule has 3 nitrogen and oxygen atoms in total. The van der Waals surface area contributed by atoms with Crippen molar-refractivity contribution in [2.45, 2.75) is 59.0 Å². The van der Waals surface area contributed by atoms with Crippen molar-refractivity contribution in [1.29, 1.82) is 0 Å². The first-order chi connectivity index (χ1) is 11.5. The standard InChI is InChI=1S/C20H27ClO3/c1-4-6-7-8-9-17(14-15(3)20(23)24-5-2)19(22)16-10-12-18(21)13-11-16/h10-13,19,22H,4-9H2,1-3H3. The van der Waals surface area contributed by atoms with Crippen molar-refractivity contribution in [1.82, 2.24) is 0 Å². The molecule has 1 atom stereocenters. The first-order valence-electron chi connectivity index (χ1n) is 8.56. The fraction of sp³-hybridized carbons (Fsp3) is 0.500. The molecule has 0 saturated carbocycles. The summed E-state index contributed by atoms with van der Waals surface area (Å²) in [7, 11) is 0. The van der Waals surface area contributed by atoms with Crippen molar-refractivity contribution < 1.29 is 14.6 Å². The van der Waals surface area contributed by atoms with Crippen LogP contribution in [0.3, 0.4) is 0 Å². The molecule has 0 amide bonds. The van der Waals surface area contributed by atoms with E-state index in [4.69, 9.17) is 16.3 Å². The third kappa shape index (κ3) is 6.92. The second-order valence-electron chi connectivity index (χ2n) is 5.76. The topological polar surface area (TPSA) is 46.5 Å². The van der Waals surface area contributed by atoms with Gasteiger partial charge in [0.05, 0.1) is 12.2 Å². The molecule has 132 valence electrons. The number of halogens is 1. The van der Waals surface area contributed by atoms with E-state index in [-0.39, 0.29) is 0 Å². The highest BCUT2D eigenvalue weighted by atomic mass is 35.5. The first kappa shape index (κ1) is 20.5. The molecule has 0 radical (unpaired) electrons. The highest BCUT2D eigenvalue weighted by Gasteiger charge is 2.14. The number of aliphatic hydroxyl groups is 1. The van der Waals surface area contributed by atoms with E-state index in [1.54, 1.807) is 38.1 Å². The van der Waals surface area contributed by atoms with Crippen LogP contribution in [0.2, 0.25) is 5.02 Å². The second kappa shape index (κ2) is 11.1. The molecule has 1 rings (SSSR count). The molecule has 0 spiro atoms. The maximum atomic E-state index is 11.8. The van der Waals surface area contributed by atoms with Gasteiger partial charge in [0, 0.05) is 10.6 Å². The molecular weight excluding hydrogens is 324 g/mol. The van der Waals surface area contributed by atoms with Crippen LogP contribution in [0.1, 0.15) is 64.5 Å². The van der Waals surface area contributed by atoms with Crippen LogP contribution in [0.25, 0.3) is 0 Å². The van der Waals surface area contributed by atoms with Crippen molar-refractivity contribution in [2.75, 3.05) is 6.61 Å². The Morgan fingerprint density at radius 1 is 1.21 bits per heavy atom. The van der Waals surface area contributed by atoms with E-state index in [1.165, 1.54) is 0 Å². The summed E-state index contributed by atoms with van der Waals surface area (Å²) < 4.78 is 5.00. The predicted octanol–water partition coefficient (Wildman–Crippen LogP) is 5.38. The van der Waals surface area contributed by atoms with Gasteiger partial charge in [0.1, 0.15) is 6.10 Å². The summed E-state index contributed by atoms with van der Waals surface area (Å²) in [6.07, 6.45) is 4.25. The molecule has 0 aliphatic heterocycles. The van der Waals surface area contributed by atoms with Gasteiger partial charge < -0.3 is 9.84 Å². The lowest BCUT2D eigenvalue weighted by molar-refractivity contribution is -0.138. The first-order valence-corrected chi connectivity index (χ1v) is 8.94. The summed E-state index contributed by atoms with van der Waals surface area (Å²) in [4.78, 5) is 11.8. The quantitative estimate of drug-likeness (QED) is 0.281. The molecule has 0 saturated heterocycles. The van der Waals surface area contributed by atoms with E-state index >= 15 is 0 Å². The number of ether oxygens (including phenoxy) is 1. The molecule has 0 aliphatic rings. The van der Waals surface area contributed by atoms with Gasteiger partial charge in [-0.2, -0.15) is 0 Å². The summed E-state index contributed by atoms with van der Waals surface area (Å²) in [5.41, 5.74) is 4.90. The minimum absolute atomic E-state index is 0.323. The van der Waals surface area contributed by atoms with Gasteiger partial charge in [-0.1, -0.05) is 49.9 Å². The summed E-state index contributed by atoms with van der Waals surface area (Å²) in [5, 5.41) is 11.3. The number of unbranched alkanes of at least 4 members (excludes halogenated alkanes) is 3. The van der Waals surface area contributed by atoms with Crippen LogP contribution in [0.15, 0.2) is 41.1 Å². The molecule has 0 bridgehead atoms. The van der Waals surface area contributed by atoms with E-state index in [0.29, 0.717) is 29.2 Å². The fourth-order valence-corrected chi connectivity index (χ4v) is 2.51. The van der Waals surface area contributed by atoms with Crippen LogP contribution in [0, 0.1) is 0 Å². The Morgan fingerprint density at radius 3 is 2.46 bits per heavy atom. The number of aliphatic hydroxyl groups excluding tert-OH is 1. The van der Waals surface area contributed by atoms with Gasteiger partial charge in [0.15, 0.2) is 0 Å². The zero-order valence-corrected chi connectivity index (χ0v) is 15.5. The smallest absolute Gasteiger partial charge is 0.341 e. The third-order valence-electron chi connectivity index (χ3n) is 3.75. The van der Waals surface area contributed by atoms with Crippen molar-refractivity contribution in [3.05, 3.63) is 51.7 Å². The lowest BCUT2D eigenvalue weighted by Gasteiger charge is -2.14. The molecule has 24 heavy (non-hydrogen) atoms. The lowest BCUT2D eigenvalue weighted by Crippen LogP contribution is -2.06. The minimum Gasteiger partial charge on any atom is -0.462 e. The van der Waals surface area contributed by atoms with Crippen LogP contribution in [-0.2, 0) is 9.53 Å². The van der Waals surface area contributed by atoms with Crippen LogP contribution < -0.4 is 0 Å². The molecule has 1 N–H and O–H groups in total. The van der Waals surface area contributed by atoms with Gasteiger partial charge in [-0.25, -0.2) is 4.79 Å². The average Bonchev–Trinajstić information content (AvgIpc) is 2.57. The number of carbonyl (C=O) groups is 1. The normalized spacial score (nSPS) is 11.5. The van der Waals surface area contributed by atoms with Crippen LogP contribution in [0.4, 0.5) is 0 Å². The van der Waals surface area contributed by atoms with Crippen LogP contribution in [0.5, 0.6) is 0 Å². The Hall–Kier alpha value is -1.54. The van der Waals surface area contributed by atoms with Gasteiger partial charge >= 0.3 is 5.97 Å². The Bertz CT molecular complexity index is 583. The zero-order chi connectivity index (χ0) is 17.9. The van der Waals surface area contributed by atoms with Crippen molar-refractivity contribution in [2.24, 2.45) is 0 Å². The van der Waals surface area contributed by atoms with Crippen LogP contribution >= 0.6 is 11.6 Å². The molecule has 0 fully saturated rings. The second-order valence-corrected chi connectivity index (χ2v) is 6.20. The minimum atomic E-state index is -0.798. The fourth-order valence-electron chi connectivity index (χ4n) is 2.39. The molecule has 1 aromatic rings. The van der Waals surface area contributed by atoms with E-state index in [2.05, 4.69) is 12.7 Å². The number of rotatable bonds is 9.